The van der Waals surface area contributed by atoms with Crippen molar-refractivity contribution < 1.29 is 9.90 Å². The Morgan fingerprint density at radius 2 is 1.95 bits per heavy atom. The van der Waals surface area contributed by atoms with Gasteiger partial charge in [0.05, 0.1) is 0 Å². The van der Waals surface area contributed by atoms with Crippen LogP contribution in [0.4, 0.5) is 11.4 Å². The van der Waals surface area contributed by atoms with E-state index in [0.29, 0.717) is 13.0 Å². The molecule has 0 aliphatic heterocycles. The molecule has 0 atom stereocenters. The fourth-order valence-corrected chi connectivity index (χ4v) is 1.99. The smallest absolute Gasteiger partial charge is 0.224 e. The lowest BCUT2D eigenvalue weighted by atomic mass is 10.1. The number of para-hydroxylation sites is 1. The molecular weight excluding hydrogens is 264 g/mol. The third-order valence-electron chi connectivity index (χ3n) is 3.30. The second-order valence-electron chi connectivity index (χ2n) is 4.91. The predicted octanol–water partition coefficient (Wildman–Crippen LogP) is 3.66. The van der Waals surface area contributed by atoms with Crippen molar-refractivity contribution in [2.45, 2.75) is 26.8 Å². The lowest BCUT2D eigenvalue weighted by Gasteiger charge is -2.13. The summed E-state index contributed by atoms with van der Waals surface area (Å²) in [6.07, 6.45) is 0.453. The molecule has 3 N–H and O–H groups in total. The monoisotopic (exact) mass is 284 g/mol. The number of hydrogen-bond acceptors (Lipinski definition) is 3. The predicted molar refractivity (Wildman–Crippen MR) is 85.5 cm³/mol. The van der Waals surface area contributed by atoms with Crippen molar-refractivity contribution in [1.29, 1.82) is 0 Å². The highest BCUT2D eigenvalue weighted by Gasteiger charge is 2.04. The summed E-state index contributed by atoms with van der Waals surface area (Å²) in [6, 6.07) is 13.0. The maximum absolute atomic E-state index is 11.4. The summed E-state index contributed by atoms with van der Waals surface area (Å²) >= 11 is 0. The molecule has 1 amide bonds. The second kappa shape index (κ2) is 6.79. The molecule has 0 aliphatic carbocycles. The SMILES string of the molecule is CCC(=O)Nc1ccc(C)c(NCc2ccccc2O)c1. The van der Waals surface area contributed by atoms with Crippen molar-refractivity contribution in [3.8, 4) is 5.75 Å². The van der Waals surface area contributed by atoms with Gasteiger partial charge in [0, 0.05) is 29.9 Å². The number of rotatable bonds is 5. The number of carbonyl (C=O) groups excluding carboxylic acids is 1. The van der Waals surface area contributed by atoms with Gasteiger partial charge in [-0.05, 0) is 30.7 Å². The topological polar surface area (TPSA) is 61.4 Å². The highest BCUT2D eigenvalue weighted by atomic mass is 16.3. The molecule has 0 unspecified atom stereocenters. The van der Waals surface area contributed by atoms with E-state index in [9.17, 15) is 9.90 Å². The van der Waals surface area contributed by atoms with Crippen LogP contribution in [-0.2, 0) is 11.3 Å². The fraction of sp³-hybridized carbons (Fsp3) is 0.235. The molecule has 2 aromatic rings. The number of amides is 1. The van der Waals surface area contributed by atoms with Crippen molar-refractivity contribution in [2.75, 3.05) is 10.6 Å². The summed E-state index contributed by atoms with van der Waals surface area (Å²) in [5.74, 6) is 0.267. The first-order valence-corrected chi connectivity index (χ1v) is 7.01. The van der Waals surface area contributed by atoms with E-state index in [-0.39, 0.29) is 11.7 Å². The fourth-order valence-electron chi connectivity index (χ4n) is 1.99. The minimum Gasteiger partial charge on any atom is -0.508 e. The molecule has 21 heavy (non-hydrogen) atoms. The highest BCUT2D eigenvalue weighted by Crippen LogP contribution is 2.23. The number of anilines is 2. The van der Waals surface area contributed by atoms with Crippen molar-refractivity contribution >= 4 is 17.3 Å². The summed E-state index contributed by atoms with van der Waals surface area (Å²) in [5.41, 5.74) is 3.62. The van der Waals surface area contributed by atoms with Crippen molar-refractivity contribution in [3.05, 3.63) is 53.6 Å². The van der Waals surface area contributed by atoms with E-state index in [0.717, 1.165) is 22.5 Å². The van der Waals surface area contributed by atoms with Crippen LogP contribution in [0, 0.1) is 6.92 Å². The Morgan fingerprint density at radius 3 is 2.67 bits per heavy atom. The Hall–Kier alpha value is -2.49. The summed E-state index contributed by atoms with van der Waals surface area (Å²) in [5, 5.41) is 15.9. The van der Waals surface area contributed by atoms with Gasteiger partial charge < -0.3 is 15.7 Å². The zero-order chi connectivity index (χ0) is 15.2. The zero-order valence-electron chi connectivity index (χ0n) is 12.3. The summed E-state index contributed by atoms with van der Waals surface area (Å²) < 4.78 is 0. The van der Waals surface area contributed by atoms with Crippen molar-refractivity contribution in [1.82, 2.24) is 0 Å². The van der Waals surface area contributed by atoms with Gasteiger partial charge in [-0.25, -0.2) is 0 Å². The minimum absolute atomic E-state index is 0.00879. The maximum Gasteiger partial charge on any atom is 0.224 e. The first-order valence-electron chi connectivity index (χ1n) is 7.01. The second-order valence-corrected chi connectivity index (χ2v) is 4.91. The molecule has 0 heterocycles. The van der Waals surface area contributed by atoms with Crippen LogP contribution < -0.4 is 10.6 Å². The highest BCUT2D eigenvalue weighted by molar-refractivity contribution is 5.91. The number of phenolic OH excluding ortho intramolecular Hbond substituents is 1. The molecule has 0 bridgehead atoms. The Bertz CT molecular complexity index is 638. The van der Waals surface area contributed by atoms with Crippen LogP contribution in [0.1, 0.15) is 24.5 Å². The molecule has 0 spiro atoms. The van der Waals surface area contributed by atoms with Gasteiger partial charge in [0.1, 0.15) is 5.75 Å². The van der Waals surface area contributed by atoms with E-state index in [4.69, 9.17) is 0 Å². The number of benzene rings is 2. The van der Waals surface area contributed by atoms with Crippen LogP contribution in [0.3, 0.4) is 0 Å². The normalized spacial score (nSPS) is 10.2. The first kappa shape index (κ1) is 14.9. The summed E-state index contributed by atoms with van der Waals surface area (Å²) in [7, 11) is 0. The van der Waals surface area contributed by atoms with Crippen molar-refractivity contribution in [2.24, 2.45) is 0 Å². The van der Waals surface area contributed by atoms with Gasteiger partial charge in [-0.2, -0.15) is 0 Å². The minimum atomic E-state index is -0.00879. The number of nitrogens with one attached hydrogen (secondary N) is 2. The lowest BCUT2D eigenvalue weighted by Crippen LogP contribution is -2.10. The van der Waals surface area contributed by atoms with Gasteiger partial charge in [0.2, 0.25) is 5.91 Å². The van der Waals surface area contributed by atoms with Crippen LogP contribution in [0.2, 0.25) is 0 Å². The van der Waals surface area contributed by atoms with Crippen molar-refractivity contribution in [3.63, 3.8) is 0 Å². The molecule has 4 heteroatoms. The molecule has 0 saturated carbocycles. The largest absolute Gasteiger partial charge is 0.508 e. The molecule has 0 aliphatic rings. The molecule has 0 fully saturated rings. The van der Waals surface area contributed by atoms with E-state index in [1.54, 1.807) is 12.1 Å². The van der Waals surface area contributed by atoms with Gasteiger partial charge in [-0.1, -0.05) is 31.2 Å². The van der Waals surface area contributed by atoms with E-state index in [2.05, 4.69) is 10.6 Å². The lowest BCUT2D eigenvalue weighted by molar-refractivity contribution is -0.115. The van der Waals surface area contributed by atoms with Gasteiger partial charge in [-0.15, -0.1) is 0 Å². The molecule has 2 rings (SSSR count). The average molecular weight is 284 g/mol. The first-order chi connectivity index (χ1) is 10.1. The van der Waals surface area contributed by atoms with E-state index >= 15 is 0 Å². The van der Waals surface area contributed by atoms with Crippen LogP contribution in [-0.4, -0.2) is 11.0 Å². The third kappa shape index (κ3) is 3.99. The number of aryl methyl sites for hydroxylation is 1. The number of phenols is 1. The van der Waals surface area contributed by atoms with Gasteiger partial charge in [-0.3, -0.25) is 4.79 Å². The third-order valence-corrected chi connectivity index (χ3v) is 3.30. The molecule has 4 nitrogen and oxygen atoms in total. The number of aromatic hydroxyl groups is 1. The Labute approximate surface area is 124 Å². The van der Waals surface area contributed by atoms with Gasteiger partial charge in [0.15, 0.2) is 0 Å². The molecule has 2 aromatic carbocycles. The van der Waals surface area contributed by atoms with Gasteiger partial charge in [0.25, 0.3) is 0 Å². The van der Waals surface area contributed by atoms with E-state index in [1.165, 1.54) is 0 Å². The van der Waals surface area contributed by atoms with E-state index < -0.39 is 0 Å². The van der Waals surface area contributed by atoms with Crippen LogP contribution >= 0.6 is 0 Å². The Kier molecular flexibility index (Phi) is 4.82. The number of carbonyl (C=O) groups is 1. The van der Waals surface area contributed by atoms with Crippen LogP contribution in [0.15, 0.2) is 42.5 Å². The Balaban J connectivity index is 2.10. The summed E-state index contributed by atoms with van der Waals surface area (Å²) in [6.45, 7) is 4.35. The average Bonchev–Trinajstić information content (AvgIpc) is 2.49. The maximum atomic E-state index is 11.4. The summed E-state index contributed by atoms with van der Waals surface area (Å²) in [4.78, 5) is 11.4. The quantitative estimate of drug-likeness (QED) is 0.785. The van der Waals surface area contributed by atoms with Gasteiger partial charge >= 0.3 is 0 Å². The molecule has 0 aromatic heterocycles. The molecule has 0 radical (unpaired) electrons. The molecule has 110 valence electrons. The molecular formula is C17H20N2O2. The Morgan fingerprint density at radius 1 is 1.19 bits per heavy atom. The standard InChI is InChI=1S/C17H20N2O2/c1-3-17(21)19-14-9-8-12(2)15(10-14)18-11-13-6-4-5-7-16(13)20/h4-10,18,20H,3,11H2,1-2H3,(H,19,21). The zero-order valence-corrected chi connectivity index (χ0v) is 12.3. The van der Waals surface area contributed by atoms with Crippen LogP contribution in [0.5, 0.6) is 5.75 Å². The molecule has 0 saturated heterocycles. The number of hydrogen-bond donors (Lipinski definition) is 3. The van der Waals surface area contributed by atoms with Crippen LogP contribution in [0.25, 0.3) is 0 Å². The van der Waals surface area contributed by atoms with E-state index in [1.807, 2.05) is 44.2 Å².